The zero-order valence-electron chi connectivity index (χ0n) is 14.0. The Hall–Kier alpha value is -1.31. The van der Waals surface area contributed by atoms with Gasteiger partial charge in [-0.3, -0.25) is 0 Å². The highest BCUT2D eigenvalue weighted by Gasteiger charge is 2.12. The Morgan fingerprint density at radius 3 is 2.55 bits per heavy atom. The number of nitrogens with zero attached hydrogens (tertiary/aromatic N) is 3. The molecule has 0 fully saturated rings. The molecule has 1 heterocycles. The summed E-state index contributed by atoms with van der Waals surface area (Å²) in [5.74, 6) is 1.78. The maximum atomic E-state index is 4.64. The molecule has 0 bridgehead atoms. The van der Waals surface area contributed by atoms with Crippen LogP contribution in [0.1, 0.15) is 33.5 Å². The Morgan fingerprint density at radius 1 is 1.27 bits per heavy atom. The predicted octanol–water partition coefficient (Wildman–Crippen LogP) is 3.04. The molecule has 1 aromatic carbocycles. The van der Waals surface area contributed by atoms with Gasteiger partial charge in [0.1, 0.15) is 12.4 Å². The Kier molecular flexibility index (Phi) is 6.65. The summed E-state index contributed by atoms with van der Waals surface area (Å²) in [6.45, 7) is 9.81. The third-order valence-corrected chi connectivity index (χ3v) is 3.10. The third-order valence-electron chi connectivity index (χ3n) is 3.10. The smallest absolute Gasteiger partial charge is 0.192 e. The minimum Gasteiger partial charge on any atom is -0.357 e. The van der Waals surface area contributed by atoms with E-state index in [2.05, 4.69) is 58.9 Å². The first-order valence-electron chi connectivity index (χ1n) is 7.37. The van der Waals surface area contributed by atoms with E-state index in [1.165, 1.54) is 0 Å². The molecule has 0 aliphatic carbocycles. The lowest BCUT2D eigenvalue weighted by Crippen LogP contribution is -2.47. The van der Waals surface area contributed by atoms with Crippen LogP contribution in [0.2, 0.25) is 0 Å². The monoisotopic (exact) mass is 415 g/mol. The lowest BCUT2D eigenvalue weighted by Gasteiger charge is -2.23. The summed E-state index contributed by atoms with van der Waals surface area (Å²) in [6.07, 6.45) is 0. The molecule has 5 nitrogen and oxygen atoms in total. The molecule has 0 unspecified atom stereocenters. The van der Waals surface area contributed by atoms with Crippen LogP contribution in [-0.4, -0.2) is 27.6 Å². The largest absolute Gasteiger partial charge is 0.357 e. The van der Waals surface area contributed by atoms with E-state index in [1.807, 2.05) is 25.2 Å². The van der Waals surface area contributed by atoms with Gasteiger partial charge in [-0.05, 0) is 39.8 Å². The van der Waals surface area contributed by atoms with E-state index < -0.39 is 0 Å². The number of hydrogen-bond acceptors (Lipinski definition) is 2. The van der Waals surface area contributed by atoms with E-state index in [-0.39, 0.29) is 29.5 Å². The Morgan fingerprint density at radius 2 is 1.95 bits per heavy atom. The van der Waals surface area contributed by atoms with Crippen LogP contribution in [0.3, 0.4) is 0 Å². The molecule has 1 aromatic heterocycles. The van der Waals surface area contributed by atoms with Crippen LogP contribution in [0.15, 0.2) is 29.3 Å². The van der Waals surface area contributed by atoms with Crippen LogP contribution < -0.4 is 10.6 Å². The van der Waals surface area contributed by atoms with Gasteiger partial charge in [0.25, 0.3) is 0 Å². The molecule has 0 spiro atoms. The van der Waals surface area contributed by atoms with Gasteiger partial charge in [-0.25, -0.2) is 9.98 Å². The molecule has 2 aromatic rings. The highest BCUT2D eigenvalue weighted by atomic mass is 127. The van der Waals surface area contributed by atoms with Crippen molar-refractivity contribution < 1.29 is 0 Å². The maximum Gasteiger partial charge on any atom is 0.192 e. The molecule has 2 N–H and O–H groups in total. The highest BCUT2D eigenvalue weighted by Crippen LogP contribution is 2.14. The topological polar surface area (TPSA) is 54.2 Å². The van der Waals surface area contributed by atoms with E-state index in [9.17, 15) is 0 Å². The summed E-state index contributed by atoms with van der Waals surface area (Å²) in [7, 11) is 2.03. The van der Waals surface area contributed by atoms with Gasteiger partial charge in [0, 0.05) is 19.1 Å². The van der Waals surface area contributed by atoms with Crippen LogP contribution in [0, 0.1) is 0 Å². The SMILES string of the molecule is CCNC(=NCc1nc2ccccc2n1C)NC(C)(C)C.I. The van der Waals surface area contributed by atoms with Gasteiger partial charge in [0.05, 0.1) is 11.0 Å². The standard InChI is InChI=1S/C16H25N5.HI/c1-6-17-15(20-16(2,3)4)18-11-14-19-12-9-7-8-10-13(12)21(14)5;/h7-10H,6,11H2,1-5H3,(H2,17,18,20);1H. The molecule has 2 rings (SSSR count). The van der Waals surface area contributed by atoms with Gasteiger partial charge in [-0.15, -0.1) is 24.0 Å². The predicted molar refractivity (Wildman–Crippen MR) is 104 cm³/mol. The average molecular weight is 415 g/mol. The van der Waals surface area contributed by atoms with E-state index in [4.69, 9.17) is 0 Å². The molecule has 0 atom stereocenters. The molecule has 0 aliphatic rings. The normalized spacial score (nSPS) is 12.1. The Labute approximate surface area is 149 Å². The number of hydrogen-bond donors (Lipinski definition) is 2. The number of imidazole rings is 1. The Balaban J connectivity index is 0.00000242. The fraction of sp³-hybridized carbons (Fsp3) is 0.500. The first-order chi connectivity index (χ1) is 9.90. The van der Waals surface area contributed by atoms with Crippen molar-refractivity contribution in [3.8, 4) is 0 Å². The van der Waals surface area contributed by atoms with Gasteiger partial charge in [-0.2, -0.15) is 0 Å². The van der Waals surface area contributed by atoms with E-state index in [0.717, 1.165) is 29.4 Å². The highest BCUT2D eigenvalue weighted by molar-refractivity contribution is 14.0. The van der Waals surface area contributed by atoms with Gasteiger partial charge in [-0.1, -0.05) is 12.1 Å². The molecule has 0 saturated carbocycles. The van der Waals surface area contributed by atoms with Crippen LogP contribution in [0.4, 0.5) is 0 Å². The maximum absolute atomic E-state index is 4.64. The number of guanidine groups is 1. The summed E-state index contributed by atoms with van der Waals surface area (Å²) in [5, 5.41) is 6.65. The van der Waals surface area contributed by atoms with Crippen molar-refractivity contribution in [3.63, 3.8) is 0 Å². The molecular weight excluding hydrogens is 389 g/mol. The lowest BCUT2D eigenvalue weighted by molar-refractivity contribution is 0.501. The van der Waals surface area contributed by atoms with Crippen molar-refractivity contribution >= 4 is 41.0 Å². The number of aliphatic imine (C=N–C) groups is 1. The van der Waals surface area contributed by atoms with Crippen molar-refractivity contribution in [2.75, 3.05) is 6.54 Å². The molecule has 6 heteroatoms. The van der Waals surface area contributed by atoms with Crippen molar-refractivity contribution in [3.05, 3.63) is 30.1 Å². The first kappa shape index (κ1) is 18.7. The van der Waals surface area contributed by atoms with Gasteiger partial charge in [0.2, 0.25) is 0 Å². The number of para-hydroxylation sites is 2. The van der Waals surface area contributed by atoms with E-state index in [1.54, 1.807) is 0 Å². The second-order valence-corrected chi connectivity index (χ2v) is 6.15. The van der Waals surface area contributed by atoms with Crippen LogP contribution >= 0.6 is 24.0 Å². The molecule has 22 heavy (non-hydrogen) atoms. The summed E-state index contributed by atoms with van der Waals surface area (Å²) in [6, 6.07) is 8.14. The van der Waals surface area contributed by atoms with Crippen molar-refractivity contribution in [1.29, 1.82) is 0 Å². The number of benzene rings is 1. The Bertz CT molecular complexity index is 640. The number of aromatic nitrogens is 2. The van der Waals surface area contributed by atoms with Crippen LogP contribution in [0.25, 0.3) is 11.0 Å². The summed E-state index contributed by atoms with van der Waals surface area (Å²) < 4.78 is 2.10. The molecule has 122 valence electrons. The van der Waals surface area contributed by atoms with Crippen molar-refractivity contribution in [2.45, 2.75) is 39.8 Å². The van der Waals surface area contributed by atoms with Crippen molar-refractivity contribution in [2.24, 2.45) is 12.0 Å². The number of aryl methyl sites for hydroxylation is 1. The first-order valence-corrected chi connectivity index (χ1v) is 7.37. The molecule has 0 aliphatic heterocycles. The minimum absolute atomic E-state index is 0. The second-order valence-electron chi connectivity index (χ2n) is 6.15. The van der Waals surface area contributed by atoms with Gasteiger partial charge < -0.3 is 15.2 Å². The summed E-state index contributed by atoms with van der Waals surface area (Å²) in [5.41, 5.74) is 2.13. The molecular formula is C16H26IN5. The van der Waals surface area contributed by atoms with Crippen LogP contribution in [-0.2, 0) is 13.6 Å². The van der Waals surface area contributed by atoms with Crippen LogP contribution in [0.5, 0.6) is 0 Å². The molecule has 0 saturated heterocycles. The number of nitrogens with one attached hydrogen (secondary N) is 2. The van der Waals surface area contributed by atoms with E-state index in [0.29, 0.717) is 6.54 Å². The zero-order valence-corrected chi connectivity index (χ0v) is 16.3. The second kappa shape index (κ2) is 7.80. The summed E-state index contributed by atoms with van der Waals surface area (Å²) >= 11 is 0. The average Bonchev–Trinajstić information content (AvgIpc) is 2.72. The molecule has 0 amide bonds. The fourth-order valence-corrected chi connectivity index (χ4v) is 2.15. The van der Waals surface area contributed by atoms with Gasteiger partial charge in [0.15, 0.2) is 5.96 Å². The zero-order chi connectivity index (χ0) is 15.5. The third kappa shape index (κ3) is 4.86. The fourth-order valence-electron chi connectivity index (χ4n) is 2.15. The molecule has 0 radical (unpaired) electrons. The van der Waals surface area contributed by atoms with E-state index >= 15 is 0 Å². The quantitative estimate of drug-likeness (QED) is 0.461. The number of halogens is 1. The van der Waals surface area contributed by atoms with Crippen molar-refractivity contribution in [1.82, 2.24) is 20.2 Å². The minimum atomic E-state index is -0.0205. The lowest BCUT2D eigenvalue weighted by atomic mass is 10.1. The number of fused-ring (bicyclic) bond motifs is 1. The number of rotatable bonds is 3. The van der Waals surface area contributed by atoms with Gasteiger partial charge >= 0.3 is 0 Å². The summed E-state index contributed by atoms with van der Waals surface area (Å²) in [4.78, 5) is 9.28.